The molecule has 0 atom stereocenters. The normalized spacial score (nSPS) is 13.6. The maximum absolute atomic E-state index is 12.3. The summed E-state index contributed by atoms with van der Waals surface area (Å²) in [7, 11) is 0. The maximum atomic E-state index is 12.3. The van der Waals surface area contributed by atoms with Crippen LogP contribution in [-0.2, 0) is 6.54 Å². The Labute approximate surface area is 133 Å². The van der Waals surface area contributed by atoms with Gasteiger partial charge in [-0.1, -0.05) is 12.1 Å². The number of carbonyl (C=O) groups is 2. The molecule has 1 aromatic carbocycles. The third-order valence-corrected chi connectivity index (χ3v) is 3.93. The average molecular weight is 311 g/mol. The van der Waals surface area contributed by atoms with E-state index in [1.54, 1.807) is 31.3 Å². The first kappa shape index (κ1) is 15.1. The zero-order chi connectivity index (χ0) is 16.4. The summed E-state index contributed by atoms with van der Waals surface area (Å²) in [6, 6.07) is 5.04. The number of hydrogen-bond acceptors (Lipinski definition) is 4. The van der Waals surface area contributed by atoms with Crippen molar-refractivity contribution in [3.63, 3.8) is 0 Å². The molecule has 118 valence electrons. The van der Waals surface area contributed by atoms with Crippen LogP contribution in [0.2, 0.25) is 0 Å². The van der Waals surface area contributed by atoms with Crippen LogP contribution in [0, 0.1) is 6.92 Å². The molecule has 3 rings (SSSR count). The standard InChI is InChI=1S/C17H17N3O3/c1-10-6-11(2-5-13(10)17(22)23)7-19-16(21)14-8-18-9-20-15(14)12-3-4-12/h2,5-6,8-9,12H,3-4,7H2,1H3,(H,19,21)(H,22,23). The number of nitrogens with zero attached hydrogens (tertiary/aromatic N) is 2. The quantitative estimate of drug-likeness (QED) is 0.884. The van der Waals surface area contributed by atoms with Crippen LogP contribution in [0.1, 0.15) is 56.3 Å². The number of carboxylic acid groups (broad SMARTS) is 1. The molecule has 0 aliphatic heterocycles. The SMILES string of the molecule is Cc1cc(CNC(=O)c2cncnc2C2CC2)ccc1C(=O)O. The summed E-state index contributed by atoms with van der Waals surface area (Å²) in [4.78, 5) is 31.5. The number of carbonyl (C=O) groups excluding carboxylic acids is 1. The van der Waals surface area contributed by atoms with Gasteiger partial charge >= 0.3 is 5.97 Å². The molecule has 23 heavy (non-hydrogen) atoms. The van der Waals surface area contributed by atoms with Crippen molar-refractivity contribution >= 4 is 11.9 Å². The summed E-state index contributed by atoms with van der Waals surface area (Å²) in [6.45, 7) is 2.07. The number of rotatable bonds is 5. The molecule has 0 spiro atoms. The summed E-state index contributed by atoms with van der Waals surface area (Å²) in [5, 5.41) is 11.9. The molecule has 1 aliphatic carbocycles. The highest BCUT2D eigenvalue weighted by Gasteiger charge is 2.29. The van der Waals surface area contributed by atoms with E-state index in [-0.39, 0.29) is 11.5 Å². The van der Waals surface area contributed by atoms with Gasteiger partial charge in [0.25, 0.3) is 5.91 Å². The van der Waals surface area contributed by atoms with Gasteiger partial charge in [0, 0.05) is 18.7 Å². The zero-order valence-corrected chi connectivity index (χ0v) is 12.7. The van der Waals surface area contributed by atoms with E-state index in [2.05, 4.69) is 15.3 Å². The van der Waals surface area contributed by atoms with E-state index in [9.17, 15) is 9.59 Å². The highest BCUT2D eigenvalue weighted by atomic mass is 16.4. The van der Waals surface area contributed by atoms with Crippen LogP contribution in [0.5, 0.6) is 0 Å². The summed E-state index contributed by atoms with van der Waals surface area (Å²) < 4.78 is 0. The second-order valence-corrected chi connectivity index (χ2v) is 5.73. The van der Waals surface area contributed by atoms with Gasteiger partial charge in [0.2, 0.25) is 0 Å². The number of hydrogen-bond donors (Lipinski definition) is 2. The van der Waals surface area contributed by atoms with Crippen LogP contribution in [0.3, 0.4) is 0 Å². The summed E-state index contributed by atoms with van der Waals surface area (Å²) in [5.74, 6) is -0.781. The van der Waals surface area contributed by atoms with Crippen molar-refractivity contribution in [2.75, 3.05) is 0 Å². The molecule has 1 amide bonds. The average Bonchev–Trinajstić information content (AvgIpc) is 3.37. The van der Waals surface area contributed by atoms with Crippen molar-refractivity contribution < 1.29 is 14.7 Å². The van der Waals surface area contributed by atoms with E-state index in [4.69, 9.17) is 5.11 Å². The van der Waals surface area contributed by atoms with Crippen molar-refractivity contribution in [2.45, 2.75) is 32.2 Å². The molecule has 6 nitrogen and oxygen atoms in total. The topological polar surface area (TPSA) is 92.2 Å². The molecule has 1 aliphatic rings. The van der Waals surface area contributed by atoms with Crippen LogP contribution in [0.4, 0.5) is 0 Å². The molecule has 0 saturated heterocycles. The van der Waals surface area contributed by atoms with Gasteiger partial charge in [-0.15, -0.1) is 0 Å². The van der Waals surface area contributed by atoms with Crippen molar-refractivity contribution in [2.24, 2.45) is 0 Å². The minimum atomic E-state index is -0.950. The van der Waals surface area contributed by atoms with E-state index in [0.717, 1.165) is 24.1 Å². The summed E-state index contributed by atoms with van der Waals surface area (Å²) in [6.07, 6.45) is 5.15. The summed E-state index contributed by atoms with van der Waals surface area (Å²) in [5.41, 5.74) is 3.13. The van der Waals surface area contributed by atoms with Crippen LogP contribution in [0.15, 0.2) is 30.7 Å². The van der Waals surface area contributed by atoms with Crippen molar-refractivity contribution in [3.05, 3.63) is 58.7 Å². The van der Waals surface area contributed by atoms with Crippen molar-refractivity contribution in [3.8, 4) is 0 Å². The Morgan fingerprint density at radius 3 is 2.74 bits per heavy atom. The number of amides is 1. The first-order chi connectivity index (χ1) is 11.1. The monoisotopic (exact) mass is 311 g/mol. The van der Waals surface area contributed by atoms with E-state index in [1.165, 1.54) is 6.33 Å². The lowest BCUT2D eigenvalue weighted by atomic mass is 10.0. The summed E-state index contributed by atoms with van der Waals surface area (Å²) >= 11 is 0. The van der Waals surface area contributed by atoms with Gasteiger partial charge in [0.1, 0.15) is 6.33 Å². The Hall–Kier alpha value is -2.76. The van der Waals surface area contributed by atoms with E-state index >= 15 is 0 Å². The number of aromatic carboxylic acids is 1. The van der Waals surface area contributed by atoms with Gasteiger partial charge in [-0.3, -0.25) is 4.79 Å². The minimum absolute atomic E-state index is 0.201. The van der Waals surface area contributed by atoms with Gasteiger partial charge in [-0.2, -0.15) is 0 Å². The lowest BCUT2D eigenvalue weighted by molar-refractivity contribution is 0.0695. The second kappa shape index (κ2) is 6.16. The van der Waals surface area contributed by atoms with Crippen LogP contribution >= 0.6 is 0 Å². The van der Waals surface area contributed by atoms with Crippen LogP contribution in [-0.4, -0.2) is 27.0 Å². The molecule has 0 radical (unpaired) electrons. The van der Waals surface area contributed by atoms with Crippen molar-refractivity contribution in [1.82, 2.24) is 15.3 Å². The molecule has 1 aromatic heterocycles. The number of aryl methyl sites for hydroxylation is 1. The van der Waals surface area contributed by atoms with Crippen LogP contribution in [0.25, 0.3) is 0 Å². The van der Waals surface area contributed by atoms with Crippen LogP contribution < -0.4 is 5.32 Å². The van der Waals surface area contributed by atoms with Crippen molar-refractivity contribution in [1.29, 1.82) is 0 Å². The predicted molar refractivity (Wildman–Crippen MR) is 83.3 cm³/mol. The Bertz CT molecular complexity index is 769. The van der Waals surface area contributed by atoms with Gasteiger partial charge in [-0.25, -0.2) is 14.8 Å². The third kappa shape index (κ3) is 3.36. The largest absolute Gasteiger partial charge is 0.478 e. The first-order valence-corrected chi connectivity index (χ1v) is 7.47. The molecule has 1 fully saturated rings. The molecule has 6 heteroatoms. The van der Waals surface area contributed by atoms with Gasteiger partial charge in [0.05, 0.1) is 16.8 Å². The fourth-order valence-electron chi connectivity index (χ4n) is 2.55. The first-order valence-electron chi connectivity index (χ1n) is 7.47. The van der Waals surface area contributed by atoms with Gasteiger partial charge < -0.3 is 10.4 Å². The number of nitrogens with one attached hydrogen (secondary N) is 1. The third-order valence-electron chi connectivity index (χ3n) is 3.93. The Morgan fingerprint density at radius 2 is 2.09 bits per heavy atom. The molecule has 2 aromatic rings. The van der Waals surface area contributed by atoms with Gasteiger partial charge in [-0.05, 0) is 37.0 Å². The lowest BCUT2D eigenvalue weighted by Crippen LogP contribution is -2.24. The second-order valence-electron chi connectivity index (χ2n) is 5.73. The molecule has 2 N–H and O–H groups in total. The smallest absolute Gasteiger partial charge is 0.335 e. The zero-order valence-electron chi connectivity index (χ0n) is 12.7. The lowest BCUT2D eigenvalue weighted by Gasteiger charge is -2.09. The Balaban J connectivity index is 1.70. The van der Waals surface area contributed by atoms with E-state index in [0.29, 0.717) is 23.6 Å². The molecule has 1 saturated carbocycles. The molecule has 0 unspecified atom stereocenters. The Kier molecular flexibility index (Phi) is 4.06. The molecular formula is C17H17N3O3. The predicted octanol–water partition coefficient (Wildman–Crippen LogP) is 2.29. The molecular weight excluding hydrogens is 294 g/mol. The maximum Gasteiger partial charge on any atom is 0.335 e. The Morgan fingerprint density at radius 1 is 1.30 bits per heavy atom. The van der Waals surface area contributed by atoms with E-state index < -0.39 is 5.97 Å². The number of carboxylic acids is 1. The minimum Gasteiger partial charge on any atom is -0.478 e. The molecule has 0 bridgehead atoms. The highest BCUT2D eigenvalue weighted by molar-refractivity contribution is 5.95. The fraction of sp³-hybridized carbons (Fsp3) is 0.294. The fourth-order valence-corrected chi connectivity index (χ4v) is 2.55. The van der Waals surface area contributed by atoms with E-state index in [1.807, 2.05) is 0 Å². The number of benzene rings is 1. The van der Waals surface area contributed by atoms with Gasteiger partial charge in [0.15, 0.2) is 0 Å². The molecule has 1 heterocycles. The highest BCUT2D eigenvalue weighted by Crippen LogP contribution is 2.40. The number of aromatic nitrogens is 2.